The maximum atomic E-state index is 12.6. The lowest BCUT2D eigenvalue weighted by Gasteiger charge is -2.31. The summed E-state index contributed by atoms with van der Waals surface area (Å²) in [5.41, 5.74) is 1.54. The number of rotatable bonds is 3. The molecule has 0 radical (unpaired) electrons. The Labute approximate surface area is 155 Å². The first-order valence-electron chi connectivity index (χ1n) is 8.59. The third kappa shape index (κ3) is 4.30. The van der Waals surface area contributed by atoms with E-state index in [4.69, 9.17) is 0 Å². The van der Waals surface area contributed by atoms with Crippen molar-refractivity contribution in [3.8, 4) is 0 Å². The van der Waals surface area contributed by atoms with Crippen LogP contribution >= 0.6 is 0 Å². The summed E-state index contributed by atoms with van der Waals surface area (Å²) in [7, 11) is 0. The standard InChI is InChI=1S/C20H19F3N2O2/c1-13(19(27)25-11-10-14-4-2-3-5-16(14)12-25)24-18(26)15-6-8-17(9-7-15)20(21,22)23/h2-9,13H,10-12H2,1H3,(H,24,26)/t13-/m1/s1. The molecule has 7 heteroatoms. The number of carbonyl (C=O) groups is 2. The lowest BCUT2D eigenvalue weighted by molar-refractivity contribution is -0.137. The van der Waals surface area contributed by atoms with Gasteiger partial charge in [-0.25, -0.2) is 0 Å². The highest BCUT2D eigenvalue weighted by molar-refractivity contribution is 5.97. The first-order valence-corrected chi connectivity index (χ1v) is 8.59. The van der Waals surface area contributed by atoms with Gasteiger partial charge in [0.15, 0.2) is 0 Å². The van der Waals surface area contributed by atoms with Crippen molar-refractivity contribution in [2.75, 3.05) is 6.54 Å². The average Bonchev–Trinajstić information content (AvgIpc) is 2.66. The Kier molecular flexibility index (Phi) is 5.21. The number of carbonyl (C=O) groups excluding carboxylic acids is 2. The Hall–Kier alpha value is -2.83. The molecule has 1 aliphatic rings. The summed E-state index contributed by atoms with van der Waals surface area (Å²) < 4.78 is 37.8. The zero-order valence-electron chi connectivity index (χ0n) is 14.7. The SMILES string of the molecule is C[C@@H](NC(=O)c1ccc(C(F)(F)F)cc1)C(=O)N1CCc2ccccc2C1. The van der Waals surface area contributed by atoms with Crippen LogP contribution in [0.1, 0.15) is 34.0 Å². The summed E-state index contributed by atoms with van der Waals surface area (Å²) in [4.78, 5) is 26.5. The molecule has 0 saturated heterocycles. The Morgan fingerprint density at radius 3 is 2.30 bits per heavy atom. The molecular weight excluding hydrogens is 357 g/mol. The maximum absolute atomic E-state index is 12.6. The first-order chi connectivity index (χ1) is 12.8. The highest BCUT2D eigenvalue weighted by Crippen LogP contribution is 2.29. The molecule has 1 N–H and O–H groups in total. The van der Waals surface area contributed by atoms with Crippen molar-refractivity contribution >= 4 is 11.8 Å². The van der Waals surface area contributed by atoms with Gasteiger partial charge in [-0.15, -0.1) is 0 Å². The van der Waals surface area contributed by atoms with Gasteiger partial charge in [-0.1, -0.05) is 24.3 Å². The Morgan fingerprint density at radius 2 is 1.67 bits per heavy atom. The Balaban J connectivity index is 1.62. The number of nitrogens with one attached hydrogen (secondary N) is 1. The van der Waals surface area contributed by atoms with Crippen LogP contribution in [0.4, 0.5) is 13.2 Å². The van der Waals surface area contributed by atoms with E-state index in [1.54, 1.807) is 11.8 Å². The molecule has 0 aliphatic carbocycles. The van der Waals surface area contributed by atoms with Crippen LogP contribution in [0.15, 0.2) is 48.5 Å². The average molecular weight is 376 g/mol. The van der Waals surface area contributed by atoms with E-state index in [9.17, 15) is 22.8 Å². The molecule has 0 aromatic heterocycles. The van der Waals surface area contributed by atoms with Gasteiger partial charge in [0, 0.05) is 18.7 Å². The minimum atomic E-state index is -4.46. The third-order valence-electron chi connectivity index (χ3n) is 4.63. The van der Waals surface area contributed by atoms with Gasteiger partial charge in [0.1, 0.15) is 6.04 Å². The molecule has 4 nitrogen and oxygen atoms in total. The van der Waals surface area contributed by atoms with Crippen molar-refractivity contribution in [3.05, 3.63) is 70.8 Å². The van der Waals surface area contributed by atoms with E-state index >= 15 is 0 Å². The van der Waals surface area contributed by atoms with Crippen LogP contribution in [0.5, 0.6) is 0 Å². The summed E-state index contributed by atoms with van der Waals surface area (Å²) in [5.74, 6) is -0.799. The Morgan fingerprint density at radius 1 is 1.04 bits per heavy atom. The fraction of sp³-hybridized carbons (Fsp3) is 0.300. The number of hydrogen-bond donors (Lipinski definition) is 1. The van der Waals surface area contributed by atoms with E-state index < -0.39 is 23.7 Å². The fourth-order valence-corrected chi connectivity index (χ4v) is 3.11. The number of amides is 2. The van der Waals surface area contributed by atoms with Gasteiger partial charge in [0.25, 0.3) is 5.91 Å². The van der Waals surface area contributed by atoms with E-state index in [0.717, 1.165) is 36.2 Å². The van der Waals surface area contributed by atoms with E-state index in [1.165, 1.54) is 5.56 Å². The molecular formula is C20H19F3N2O2. The number of nitrogens with zero attached hydrogens (tertiary/aromatic N) is 1. The lowest BCUT2D eigenvalue weighted by atomic mass is 9.99. The molecule has 3 rings (SSSR count). The van der Waals surface area contributed by atoms with Gasteiger partial charge >= 0.3 is 6.18 Å². The van der Waals surface area contributed by atoms with Crippen LogP contribution < -0.4 is 5.32 Å². The summed E-state index contributed by atoms with van der Waals surface area (Å²) >= 11 is 0. The zero-order chi connectivity index (χ0) is 19.6. The van der Waals surface area contributed by atoms with Gasteiger partial charge in [0.05, 0.1) is 5.56 Å². The second-order valence-electron chi connectivity index (χ2n) is 6.55. The van der Waals surface area contributed by atoms with Gasteiger partial charge in [0.2, 0.25) is 5.91 Å². The van der Waals surface area contributed by atoms with Gasteiger partial charge in [-0.2, -0.15) is 13.2 Å². The maximum Gasteiger partial charge on any atom is 0.416 e. The van der Waals surface area contributed by atoms with Crippen molar-refractivity contribution in [1.29, 1.82) is 0 Å². The topological polar surface area (TPSA) is 49.4 Å². The summed E-state index contributed by atoms with van der Waals surface area (Å²) in [5, 5.41) is 2.56. The van der Waals surface area contributed by atoms with Gasteiger partial charge in [-0.05, 0) is 48.7 Å². The number of hydrogen-bond acceptors (Lipinski definition) is 2. The van der Waals surface area contributed by atoms with E-state index in [2.05, 4.69) is 5.32 Å². The van der Waals surface area contributed by atoms with Crippen LogP contribution in [0.25, 0.3) is 0 Å². The van der Waals surface area contributed by atoms with Crippen molar-refractivity contribution in [2.45, 2.75) is 32.1 Å². The highest BCUT2D eigenvalue weighted by atomic mass is 19.4. The van der Waals surface area contributed by atoms with Crippen LogP contribution in [-0.4, -0.2) is 29.3 Å². The summed E-state index contributed by atoms with van der Waals surface area (Å²) in [6.45, 7) is 2.62. The van der Waals surface area contributed by atoms with Gasteiger partial charge < -0.3 is 10.2 Å². The number of alkyl halides is 3. The highest BCUT2D eigenvalue weighted by Gasteiger charge is 2.30. The van der Waals surface area contributed by atoms with Crippen molar-refractivity contribution in [1.82, 2.24) is 10.2 Å². The van der Waals surface area contributed by atoms with Crippen LogP contribution in [-0.2, 0) is 23.9 Å². The molecule has 2 aromatic rings. The number of halogens is 3. The summed E-state index contributed by atoms with van der Waals surface area (Å²) in [6, 6.07) is 11.0. The number of fused-ring (bicyclic) bond motifs is 1. The van der Waals surface area contributed by atoms with Crippen LogP contribution in [0.2, 0.25) is 0 Å². The zero-order valence-corrected chi connectivity index (χ0v) is 14.7. The predicted octanol–water partition coefficient (Wildman–Crippen LogP) is 3.41. The van der Waals surface area contributed by atoms with Crippen molar-refractivity contribution < 1.29 is 22.8 Å². The second kappa shape index (κ2) is 7.42. The number of benzene rings is 2. The van der Waals surface area contributed by atoms with E-state index in [0.29, 0.717) is 13.1 Å². The smallest absolute Gasteiger partial charge is 0.341 e. The molecule has 1 heterocycles. The van der Waals surface area contributed by atoms with Gasteiger partial charge in [-0.3, -0.25) is 9.59 Å². The predicted molar refractivity (Wildman–Crippen MR) is 93.9 cm³/mol. The molecule has 1 atom stereocenters. The van der Waals surface area contributed by atoms with Crippen LogP contribution in [0.3, 0.4) is 0 Å². The monoisotopic (exact) mass is 376 g/mol. The minimum Gasteiger partial charge on any atom is -0.341 e. The van der Waals surface area contributed by atoms with Crippen molar-refractivity contribution in [3.63, 3.8) is 0 Å². The fourth-order valence-electron chi connectivity index (χ4n) is 3.11. The van der Waals surface area contributed by atoms with Crippen LogP contribution in [0, 0.1) is 0 Å². The Bertz CT molecular complexity index is 847. The minimum absolute atomic E-state index is 0.0756. The molecule has 0 fully saturated rings. The molecule has 0 unspecified atom stereocenters. The molecule has 27 heavy (non-hydrogen) atoms. The second-order valence-corrected chi connectivity index (χ2v) is 6.55. The molecule has 0 bridgehead atoms. The first kappa shape index (κ1) is 18.9. The molecule has 0 saturated carbocycles. The normalized spacial score (nSPS) is 15.0. The quantitative estimate of drug-likeness (QED) is 0.893. The van der Waals surface area contributed by atoms with E-state index in [-0.39, 0.29) is 11.5 Å². The summed E-state index contributed by atoms with van der Waals surface area (Å²) in [6.07, 6.45) is -3.70. The third-order valence-corrected chi connectivity index (χ3v) is 4.63. The molecule has 1 aliphatic heterocycles. The van der Waals surface area contributed by atoms with E-state index in [1.807, 2.05) is 24.3 Å². The largest absolute Gasteiger partial charge is 0.416 e. The molecule has 0 spiro atoms. The van der Waals surface area contributed by atoms with Crippen molar-refractivity contribution in [2.24, 2.45) is 0 Å². The molecule has 2 amide bonds. The lowest BCUT2D eigenvalue weighted by Crippen LogP contribution is -2.48. The molecule has 2 aromatic carbocycles. The molecule has 142 valence electrons.